The first kappa shape index (κ1) is 16.7. The maximum absolute atomic E-state index is 12.0. The molecule has 0 unspecified atom stereocenters. The van der Waals surface area contributed by atoms with Gasteiger partial charge in [0, 0.05) is 31.9 Å². The fourth-order valence-electron chi connectivity index (χ4n) is 2.71. The second-order valence-electron chi connectivity index (χ2n) is 5.50. The van der Waals surface area contributed by atoms with Crippen LogP contribution in [0.4, 0.5) is 0 Å². The Balaban J connectivity index is 1.76. The summed E-state index contributed by atoms with van der Waals surface area (Å²) in [5.74, 6) is 0.565. The Bertz CT molecular complexity index is 513. The predicted octanol–water partition coefficient (Wildman–Crippen LogP) is 1.48. The zero-order valence-electron chi connectivity index (χ0n) is 13.0. The lowest BCUT2D eigenvalue weighted by Crippen LogP contribution is -2.35. The quantitative estimate of drug-likeness (QED) is 0.634. The summed E-state index contributed by atoms with van der Waals surface area (Å²) in [7, 11) is 1.68. The molecule has 0 bridgehead atoms. The summed E-state index contributed by atoms with van der Waals surface area (Å²) in [5, 5.41) is 6.30. The van der Waals surface area contributed by atoms with Gasteiger partial charge in [-0.3, -0.25) is 9.59 Å². The van der Waals surface area contributed by atoms with Crippen LogP contribution in [0.25, 0.3) is 0 Å². The van der Waals surface area contributed by atoms with E-state index in [2.05, 4.69) is 20.6 Å². The number of amides is 2. The fourth-order valence-corrected chi connectivity index (χ4v) is 3.03. The van der Waals surface area contributed by atoms with Gasteiger partial charge >= 0.3 is 0 Å². The number of carbonyl (C=O) groups is 2. The molecule has 0 spiro atoms. The molecule has 1 aromatic heterocycles. The molecule has 6 nitrogen and oxygen atoms in total. The second kappa shape index (κ2) is 8.12. The highest BCUT2D eigenvalue weighted by Gasteiger charge is 2.25. The molecule has 0 radical (unpaired) electrons. The minimum atomic E-state index is -0.138. The Morgan fingerprint density at radius 2 is 1.86 bits per heavy atom. The molecule has 1 fully saturated rings. The van der Waals surface area contributed by atoms with E-state index in [-0.39, 0.29) is 17.7 Å². The highest BCUT2D eigenvalue weighted by molar-refractivity contribution is 7.98. The van der Waals surface area contributed by atoms with E-state index in [0.717, 1.165) is 25.7 Å². The van der Waals surface area contributed by atoms with E-state index in [9.17, 15) is 9.59 Å². The highest BCUT2D eigenvalue weighted by Crippen LogP contribution is 2.28. The summed E-state index contributed by atoms with van der Waals surface area (Å²) >= 11 is 1.44. The normalized spacial score (nSPS) is 21.2. The van der Waals surface area contributed by atoms with Crippen molar-refractivity contribution in [2.45, 2.75) is 30.8 Å². The van der Waals surface area contributed by atoms with Gasteiger partial charge in [-0.1, -0.05) is 11.8 Å². The highest BCUT2D eigenvalue weighted by atomic mass is 32.2. The van der Waals surface area contributed by atoms with Gasteiger partial charge in [0.15, 0.2) is 5.16 Å². The van der Waals surface area contributed by atoms with Crippen molar-refractivity contribution in [1.29, 1.82) is 0 Å². The molecule has 1 saturated carbocycles. The van der Waals surface area contributed by atoms with Crippen molar-refractivity contribution < 1.29 is 9.59 Å². The maximum atomic E-state index is 12.0. The fraction of sp³-hybridized carbons (Fsp3) is 0.600. The van der Waals surface area contributed by atoms with Crippen molar-refractivity contribution in [1.82, 2.24) is 20.6 Å². The zero-order chi connectivity index (χ0) is 15.9. The van der Waals surface area contributed by atoms with E-state index in [4.69, 9.17) is 0 Å². The molecule has 0 aliphatic heterocycles. The minimum absolute atomic E-state index is 0.129. The van der Waals surface area contributed by atoms with Crippen molar-refractivity contribution in [2.24, 2.45) is 11.8 Å². The van der Waals surface area contributed by atoms with E-state index >= 15 is 0 Å². The van der Waals surface area contributed by atoms with Gasteiger partial charge in [-0.25, -0.2) is 9.97 Å². The second-order valence-corrected chi connectivity index (χ2v) is 6.27. The van der Waals surface area contributed by atoms with Gasteiger partial charge in [0.05, 0.1) is 5.56 Å². The first-order valence-corrected chi connectivity index (χ1v) is 8.72. The lowest BCUT2D eigenvalue weighted by molar-refractivity contribution is -0.125. The number of nitrogens with zero attached hydrogens (tertiary/aromatic N) is 2. The van der Waals surface area contributed by atoms with E-state index in [1.807, 2.05) is 6.26 Å². The summed E-state index contributed by atoms with van der Waals surface area (Å²) in [4.78, 5) is 31.8. The van der Waals surface area contributed by atoms with Gasteiger partial charge in [0.25, 0.3) is 5.91 Å². The zero-order valence-corrected chi connectivity index (χ0v) is 13.8. The summed E-state index contributed by atoms with van der Waals surface area (Å²) in [6, 6.07) is 0. The van der Waals surface area contributed by atoms with Crippen LogP contribution in [0.2, 0.25) is 0 Å². The number of thioether (sulfide) groups is 1. The third-order valence-corrected chi connectivity index (χ3v) is 4.66. The Kier molecular flexibility index (Phi) is 6.18. The first-order chi connectivity index (χ1) is 10.6. The van der Waals surface area contributed by atoms with E-state index in [0.29, 0.717) is 23.2 Å². The lowest BCUT2D eigenvalue weighted by Gasteiger charge is -2.27. The van der Waals surface area contributed by atoms with Crippen LogP contribution in [-0.4, -0.2) is 41.6 Å². The lowest BCUT2D eigenvalue weighted by atomic mass is 9.81. The van der Waals surface area contributed by atoms with Crippen LogP contribution < -0.4 is 10.6 Å². The average Bonchev–Trinajstić information content (AvgIpc) is 2.59. The number of hydrogen-bond donors (Lipinski definition) is 2. The van der Waals surface area contributed by atoms with Crippen molar-refractivity contribution in [3.05, 3.63) is 18.0 Å². The molecule has 7 heteroatoms. The van der Waals surface area contributed by atoms with Crippen LogP contribution in [0.5, 0.6) is 0 Å². The molecule has 120 valence electrons. The number of rotatable bonds is 5. The molecule has 0 saturated heterocycles. The first-order valence-electron chi connectivity index (χ1n) is 7.50. The summed E-state index contributed by atoms with van der Waals surface area (Å²) in [5.41, 5.74) is 0.483. The summed E-state index contributed by atoms with van der Waals surface area (Å²) in [6.45, 7) is 0.642. The maximum Gasteiger partial charge on any atom is 0.254 e. The van der Waals surface area contributed by atoms with E-state index < -0.39 is 0 Å². The molecule has 22 heavy (non-hydrogen) atoms. The molecule has 2 rings (SSSR count). The van der Waals surface area contributed by atoms with E-state index in [1.165, 1.54) is 11.8 Å². The topological polar surface area (TPSA) is 84.0 Å². The smallest absolute Gasteiger partial charge is 0.254 e. The Hall–Kier alpha value is -1.63. The van der Waals surface area contributed by atoms with Crippen molar-refractivity contribution in [2.75, 3.05) is 19.8 Å². The van der Waals surface area contributed by atoms with Crippen LogP contribution in [0.15, 0.2) is 17.6 Å². The van der Waals surface area contributed by atoms with Crippen molar-refractivity contribution >= 4 is 23.6 Å². The molecular weight excluding hydrogens is 300 g/mol. The van der Waals surface area contributed by atoms with Crippen LogP contribution in [0.3, 0.4) is 0 Å². The summed E-state index contributed by atoms with van der Waals surface area (Å²) in [6.07, 6.45) is 8.73. The Morgan fingerprint density at radius 3 is 2.41 bits per heavy atom. The largest absolute Gasteiger partial charge is 0.359 e. The average molecular weight is 322 g/mol. The molecule has 2 amide bonds. The number of nitrogens with one attached hydrogen (secondary N) is 2. The number of hydrogen-bond acceptors (Lipinski definition) is 5. The number of carbonyl (C=O) groups excluding carboxylic acids is 2. The van der Waals surface area contributed by atoms with Gasteiger partial charge in [-0.2, -0.15) is 0 Å². The molecule has 2 N–H and O–H groups in total. The van der Waals surface area contributed by atoms with Gasteiger partial charge in [0.2, 0.25) is 5.91 Å². The SMILES string of the molecule is CNC(=O)C1CCC(CNC(=O)c2cnc(SC)nc2)CC1. The molecule has 1 aliphatic rings. The molecule has 1 heterocycles. The van der Waals surface area contributed by atoms with Gasteiger partial charge < -0.3 is 10.6 Å². The van der Waals surface area contributed by atoms with Crippen LogP contribution >= 0.6 is 11.8 Å². The third kappa shape index (κ3) is 4.43. The predicted molar refractivity (Wildman–Crippen MR) is 85.7 cm³/mol. The Morgan fingerprint density at radius 1 is 1.23 bits per heavy atom. The molecule has 0 aromatic carbocycles. The van der Waals surface area contributed by atoms with Crippen LogP contribution in [-0.2, 0) is 4.79 Å². The van der Waals surface area contributed by atoms with Crippen LogP contribution in [0, 0.1) is 11.8 Å². The third-order valence-electron chi connectivity index (χ3n) is 4.09. The van der Waals surface area contributed by atoms with Crippen LogP contribution in [0.1, 0.15) is 36.0 Å². The standard InChI is InChI=1S/C15H22N4O2S/c1-16-13(20)11-5-3-10(4-6-11)7-17-14(21)12-8-18-15(22-2)19-9-12/h8-11H,3-7H2,1-2H3,(H,16,20)(H,17,21). The minimum Gasteiger partial charge on any atom is -0.359 e. The molecule has 1 aromatic rings. The van der Waals surface area contributed by atoms with Gasteiger partial charge in [-0.05, 0) is 37.9 Å². The van der Waals surface area contributed by atoms with Crippen molar-refractivity contribution in [3.8, 4) is 0 Å². The molecular formula is C15H22N4O2S. The Labute approximate surface area is 134 Å². The van der Waals surface area contributed by atoms with Gasteiger partial charge in [0.1, 0.15) is 0 Å². The number of aromatic nitrogens is 2. The molecule has 1 aliphatic carbocycles. The van der Waals surface area contributed by atoms with Gasteiger partial charge in [-0.15, -0.1) is 0 Å². The monoisotopic (exact) mass is 322 g/mol. The summed E-state index contributed by atoms with van der Waals surface area (Å²) < 4.78 is 0. The molecule has 0 atom stereocenters. The van der Waals surface area contributed by atoms with Crippen molar-refractivity contribution in [3.63, 3.8) is 0 Å². The van der Waals surface area contributed by atoms with E-state index in [1.54, 1.807) is 19.4 Å².